The average Bonchev–Trinajstić information content (AvgIpc) is 2.67. The number of unbranched alkanes of at least 4 members (excludes halogenated alkanes) is 3. The third-order valence-electron chi connectivity index (χ3n) is 4.16. The first kappa shape index (κ1) is 24.8. The molecule has 7 heteroatoms. The summed E-state index contributed by atoms with van der Waals surface area (Å²) < 4.78 is 19.0. The summed E-state index contributed by atoms with van der Waals surface area (Å²) in [5, 5.41) is 2.80. The van der Waals surface area contributed by atoms with Gasteiger partial charge in [0.25, 0.3) is 8.53 Å². The van der Waals surface area contributed by atoms with Crippen molar-refractivity contribution in [2.75, 3.05) is 20.3 Å². The van der Waals surface area contributed by atoms with Crippen molar-refractivity contribution in [3.63, 3.8) is 0 Å². The van der Waals surface area contributed by atoms with Gasteiger partial charge in [0.2, 0.25) is 0 Å². The van der Waals surface area contributed by atoms with Gasteiger partial charge >= 0.3 is 6.09 Å². The van der Waals surface area contributed by atoms with Crippen molar-refractivity contribution >= 4 is 14.6 Å². The monoisotopic (exact) mass is 412 g/mol. The maximum absolute atomic E-state index is 11.7. The molecular weight excluding hydrogens is 375 g/mol. The molecule has 1 aromatic carbocycles. The van der Waals surface area contributed by atoms with Gasteiger partial charge in [-0.2, -0.15) is 0 Å². The molecule has 0 saturated carbocycles. The SMILES string of the molecule is COP(OCCCCCCNC(=O)OCc1ccccc1)N(C(C)C)C(C)C. The molecule has 0 heterocycles. The first-order valence-electron chi connectivity index (χ1n) is 10.2. The largest absolute Gasteiger partial charge is 0.445 e. The Balaban J connectivity index is 2.05. The fraction of sp³-hybridized carbons (Fsp3) is 0.667. The maximum atomic E-state index is 11.7. The molecule has 0 radical (unpaired) electrons. The molecule has 0 fully saturated rings. The highest BCUT2D eigenvalue weighted by atomic mass is 31.2. The van der Waals surface area contributed by atoms with Gasteiger partial charge in [-0.3, -0.25) is 0 Å². The fourth-order valence-corrected chi connectivity index (χ4v) is 4.34. The smallest absolute Gasteiger partial charge is 0.407 e. The van der Waals surface area contributed by atoms with E-state index >= 15 is 0 Å². The number of nitrogens with zero attached hydrogens (tertiary/aromatic N) is 1. The van der Waals surface area contributed by atoms with E-state index in [1.54, 1.807) is 7.11 Å². The minimum absolute atomic E-state index is 0.302. The van der Waals surface area contributed by atoms with Crippen LogP contribution in [0.1, 0.15) is 58.9 Å². The van der Waals surface area contributed by atoms with Crippen LogP contribution >= 0.6 is 8.53 Å². The number of amides is 1. The number of carbonyl (C=O) groups excluding carboxylic acids is 1. The van der Waals surface area contributed by atoms with E-state index in [1.165, 1.54) is 0 Å². The van der Waals surface area contributed by atoms with Crippen molar-refractivity contribution in [2.24, 2.45) is 0 Å². The summed E-state index contributed by atoms with van der Waals surface area (Å²) >= 11 is 0. The van der Waals surface area contributed by atoms with E-state index in [1.807, 2.05) is 30.3 Å². The maximum Gasteiger partial charge on any atom is 0.407 e. The van der Waals surface area contributed by atoms with Gasteiger partial charge < -0.3 is 19.1 Å². The Kier molecular flexibility index (Phi) is 13.1. The third kappa shape index (κ3) is 10.4. The third-order valence-corrected chi connectivity index (χ3v) is 6.17. The lowest BCUT2D eigenvalue weighted by atomic mass is 10.2. The van der Waals surface area contributed by atoms with Gasteiger partial charge in [0.1, 0.15) is 6.61 Å². The van der Waals surface area contributed by atoms with Crippen molar-refractivity contribution in [1.82, 2.24) is 9.99 Å². The molecule has 0 bridgehead atoms. The number of rotatable bonds is 14. The second kappa shape index (κ2) is 14.7. The lowest BCUT2D eigenvalue weighted by Gasteiger charge is -2.34. The molecule has 0 saturated heterocycles. The Hall–Kier alpha value is -1.20. The number of carbonyl (C=O) groups is 1. The van der Waals surface area contributed by atoms with E-state index in [-0.39, 0.29) is 6.09 Å². The van der Waals surface area contributed by atoms with Gasteiger partial charge in [-0.15, -0.1) is 0 Å². The summed E-state index contributed by atoms with van der Waals surface area (Å²) in [7, 11) is 0.713. The van der Waals surface area contributed by atoms with Crippen molar-refractivity contribution in [2.45, 2.75) is 72.1 Å². The van der Waals surface area contributed by atoms with Crippen molar-refractivity contribution in [3.05, 3.63) is 35.9 Å². The van der Waals surface area contributed by atoms with Gasteiger partial charge in [-0.25, -0.2) is 9.46 Å². The summed E-state index contributed by atoms with van der Waals surface area (Å²) in [6.07, 6.45) is 3.68. The second-order valence-corrected chi connectivity index (χ2v) is 8.78. The van der Waals surface area contributed by atoms with Crippen molar-refractivity contribution < 1.29 is 18.6 Å². The molecule has 1 N–H and O–H groups in total. The van der Waals surface area contributed by atoms with Gasteiger partial charge in [-0.05, 0) is 46.1 Å². The predicted molar refractivity (Wildman–Crippen MR) is 115 cm³/mol. The number of hydrogen-bond donors (Lipinski definition) is 1. The zero-order valence-corrected chi connectivity index (χ0v) is 18.9. The van der Waals surface area contributed by atoms with Crippen LogP contribution in [0.5, 0.6) is 0 Å². The van der Waals surface area contributed by atoms with Gasteiger partial charge in [-0.1, -0.05) is 43.2 Å². The Morgan fingerprint density at radius 1 is 1.04 bits per heavy atom. The fourth-order valence-electron chi connectivity index (χ4n) is 2.87. The molecule has 0 aliphatic heterocycles. The summed E-state index contributed by atoms with van der Waals surface area (Å²) in [5.41, 5.74) is 0.988. The molecule has 0 spiro atoms. The quantitative estimate of drug-likeness (QED) is 0.324. The van der Waals surface area contributed by atoms with E-state index < -0.39 is 8.53 Å². The minimum Gasteiger partial charge on any atom is -0.445 e. The molecule has 1 aromatic rings. The number of nitrogens with one attached hydrogen (secondary N) is 1. The Labute approximate surface area is 171 Å². The Bertz CT molecular complexity index is 520. The van der Waals surface area contributed by atoms with Crippen LogP contribution in [0.2, 0.25) is 0 Å². The van der Waals surface area contributed by atoms with E-state index in [4.69, 9.17) is 13.8 Å². The van der Waals surface area contributed by atoms with Crippen molar-refractivity contribution in [3.8, 4) is 0 Å². The molecule has 160 valence electrons. The number of alkyl carbamates (subject to hydrolysis) is 1. The van der Waals surface area contributed by atoms with Crippen LogP contribution in [0, 0.1) is 0 Å². The second-order valence-electron chi connectivity index (χ2n) is 7.22. The number of benzene rings is 1. The van der Waals surface area contributed by atoms with Gasteiger partial charge in [0.05, 0.1) is 6.61 Å². The molecule has 1 unspecified atom stereocenters. The summed E-state index contributed by atoms with van der Waals surface area (Å²) in [6, 6.07) is 10.4. The molecule has 1 atom stereocenters. The molecule has 6 nitrogen and oxygen atoms in total. The molecule has 28 heavy (non-hydrogen) atoms. The highest BCUT2D eigenvalue weighted by molar-refractivity contribution is 7.44. The van der Waals surface area contributed by atoms with Crippen LogP contribution in [0.4, 0.5) is 4.79 Å². The van der Waals surface area contributed by atoms with Crippen LogP contribution in [0.15, 0.2) is 30.3 Å². The van der Waals surface area contributed by atoms with Crippen molar-refractivity contribution in [1.29, 1.82) is 0 Å². The molecule has 0 aliphatic rings. The standard InChI is InChI=1S/C21H37N2O4P/c1-18(2)23(19(3)4)28(25-5)27-16-12-7-6-11-15-22-21(24)26-17-20-13-9-8-10-14-20/h8-10,13-14,18-19H,6-7,11-12,15-17H2,1-5H3,(H,22,24). The van der Waals surface area contributed by atoms with Crippen LogP contribution in [-0.4, -0.2) is 43.1 Å². The molecule has 1 rings (SSSR count). The molecular formula is C21H37N2O4P. The van der Waals surface area contributed by atoms with Crippen LogP contribution in [-0.2, 0) is 20.4 Å². The van der Waals surface area contributed by atoms with Gasteiger partial charge in [0.15, 0.2) is 0 Å². The summed E-state index contributed by atoms with van der Waals surface area (Å²) in [6.45, 7) is 10.3. The van der Waals surface area contributed by atoms with E-state index in [0.29, 0.717) is 31.8 Å². The summed E-state index contributed by atoms with van der Waals surface area (Å²) in [5.74, 6) is 0. The van der Waals surface area contributed by atoms with E-state index in [2.05, 4.69) is 37.7 Å². The first-order chi connectivity index (χ1) is 13.5. The normalized spacial score (nSPS) is 12.6. The summed E-state index contributed by atoms with van der Waals surface area (Å²) in [4.78, 5) is 11.7. The lowest BCUT2D eigenvalue weighted by Crippen LogP contribution is -2.33. The first-order valence-corrected chi connectivity index (χ1v) is 11.3. The topological polar surface area (TPSA) is 60.0 Å². The minimum atomic E-state index is -1.00. The Morgan fingerprint density at radius 2 is 1.68 bits per heavy atom. The zero-order chi connectivity index (χ0) is 20.8. The molecule has 0 aromatic heterocycles. The van der Waals surface area contributed by atoms with Crippen LogP contribution < -0.4 is 5.32 Å². The molecule has 0 aliphatic carbocycles. The lowest BCUT2D eigenvalue weighted by molar-refractivity contribution is 0.139. The van der Waals surface area contributed by atoms with Crippen LogP contribution in [0.25, 0.3) is 0 Å². The van der Waals surface area contributed by atoms with E-state index in [9.17, 15) is 4.79 Å². The zero-order valence-electron chi connectivity index (χ0n) is 18.0. The average molecular weight is 413 g/mol. The predicted octanol–water partition coefficient (Wildman–Crippen LogP) is 5.48. The highest BCUT2D eigenvalue weighted by Gasteiger charge is 2.25. The Morgan fingerprint density at radius 3 is 2.29 bits per heavy atom. The number of hydrogen-bond acceptors (Lipinski definition) is 5. The van der Waals surface area contributed by atoms with Gasteiger partial charge in [0, 0.05) is 25.7 Å². The van der Waals surface area contributed by atoms with E-state index in [0.717, 1.165) is 31.2 Å². The van der Waals surface area contributed by atoms with Crippen LogP contribution in [0.3, 0.4) is 0 Å². The molecule has 1 amide bonds. The number of ether oxygens (including phenoxy) is 1. The highest BCUT2D eigenvalue weighted by Crippen LogP contribution is 2.45.